The van der Waals surface area contributed by atoms with Crippen LogP contribution >= 0.6 is 0 Å². The molecule has 2 aromatic rings. The van der Waals surface area contributed by atoms with E-state index in [0.717, 1.165) is 44.7 Å². The first-order valence-corrected chi connectivity index (χ1v) is 10.3. The molecule has 0 amide bonds. The van der Waals surface area contributed by atoms with Crippen molar-refractivity contribution in [1.82, 2.24) is 25.5 Å². The third kappa shape index (κ3) is 7.39. The van der Waals surface area contributed by atoms with Gasteiger partial charge in [0.05, 0.1) is 0 Å². The predicted octanol–water partition coefficient (Wildman–Crippen LogP) is 2.74. The Labute approximate surface area is 180 Å². The van der Waals surface area contributed by atoms with Gasteiger partial charge in [0.15, 0.2) is 5.96 Å². The average Bonchev–Trinajstić information content (AvgIpc) is 2.76. The molecule has 1 aliphatic rings. The van der Waals surface area contributed by atoms with Gasteiger partial charge in [0.25, 0.3) is 0 Å². The standard InChI is InChI=1S/C21H28F3N7/c1-25-19(27-11-12-28-20-26-10-9-18(30-20)21(22,23)24)29-17-8-5-13-31(15-17)14-16-6-3-2-4-7-16/h2-4,6-7,9-10,17H,5,8,11-15H2,1H3,(H2,25,27,29)(H,26,28,30). The Morgan fingerprint density at radius 1 is 1.19 bits per heavy atom. The lowest BCUT2D eigenvalue weighted by molar-refractivity contribution is -0.141. The molecule has 1 unspecified atom stereocenters. The van der Waals surface area contributed by atoms with E-state index in [-0.39, 0.29) is 12.0 Å². The second-order valence-corrected chi connectivity index (χ2v) is 7.39. The van der Waals surface area contributed by atoms with Crippen LogP contribution in [0.4, 0.5) is 19.1 Å². The van der Waals surface area contributed by atoms with Gasteiger partial charge in [-0.05, 0) is 31.0 Å². The van der Waals surface area contributed by atoms with E-state index in [9.17, 15) is 13.2 Å². The minimum absolute atomic E-state index is 0.0524. The van der Waals surface area contributed by atoms with Crippen LogP contribution in [-0.2, 0) is 12.7 Å². The van der Waals surface area contributed by atoms with Crippen LogP contribution < -0.4 is 16.0 Å². The normalized spacial score (nSPS) is 17.9. The molecular weight excluding hydrogens is 407 g/mol. The SMILES string of the molecule is CN=C(NCCNc1nccc(C(F)(F)F)n1)NC1CCCN(Cc2ccccc2)C1. The first-order chi connectivity index (χ1) is 14.9. The molecule has 1 aliphatic heterocycles. The summed E-state index contributed by atoms with van der Waals surface area (Å²) in [6.07, 6.45) is -1.23. The molecule has 10 heteroatoms. The fraction of sp³-hybridized carbons (Fsp3) is 0.476. The van der Waals surface area contributed by atoms with Gasteiger partial charge in [-0.25, -0.2) is 9.97 Å². The Kier molecular flexibility index (Phi) is 8.05. The van der Waals surface area contributed by atoms with E-state index in [1.807, 2.05) is 6.07 Å². The fourth-order valence-corrected chi connectivity index (χ4v) is 3.50. The Balaban J connectivity index is 1.41. The number of aliphatic imine (C=N–C) groups is 1. The number of hydrogen-bond donors (Lipinski definition) is 3. The van der Waals surface area contributed by atoms with Gasteiger partial charge in [0, 0.05) is 45.5 Å². The summed E-state index contributed by atoms with van der Waals surface area (Å²) >= 11 is 0. The van der Waals surface area contributed by atoms with Crippen LogP contribution in [0.1, 0.15) is 24.1 Å². The van der Waals surface area contributed by atoms with E-state index in [4.69, 9.17) is 0 Å². The molecule has 1 saturated heterocycles. The summed E-state index contributed by atoms with van der Waals surface area (Å²) in [5.41, 5.74) is 0.335. The van der Waals surface area contributed by atoms with Crippen molar-refractivity contribution in [2.24, 2.45) is 4.99 Å². The van der Waals surface area contributed by atoms with Crippen molar-refractivity contribution in [3.63, 3.8) is 0 Å². The van der Waals surface area contributed by atoms with Crippen molar-refractivity contribution in [3.8, 4) is 0 Å². The van der Waals surface area contributed by atoms with Gasteiger partial charge in [-0.3, -0.25) is 9.89 Å². The number of halogens is 3. The third-order valence-corrected chi connectivity index (χ3v) is 4.97. The highest BCUT2D eigenvalue weighted by Crippen LogP contribution is 2.27. The lowest BCUT2D eigenvalue weighted by Crippen LogP contribution is -2.51. The quantitative estimate of drug-likeness (QED) is 0.353. The molecule has 2 heterocycles. The number of benzene rings is 1. The average molecular weight is 435 g/mol. The largest absolute Gasteiger partial charge is 0.433 e. The minimum Gasteiger partial charge on any atom is -0.355 e. The highest BCUT2D eigenvalue weighted by atomic mass is 19.4. The number of hydrogen-bond acceptors (Lipinski definition) is 5. The topological polar surface area (TPSA) is 77.5 Å². The first-order valence-electron chi connectivity index (χ1n) is 10.3. The molecule has 7 nitrogen and oxygen atoms in total. The van der Waals surface area contributed by atoms with Gasteiger partial charge in [-0.1, -0.05) is 30.3 Å². The van der Waals surface area contributed by atoms with Crippen LogP contribution in [0.5, 0.6) is 0 Å². The third-order valence-electron chi connectivity index (χ3n) is 4.97. The van der Waals surface area contributed by atoms with E-state index < -0.39 is 11.9 Å². The molecule has 3 N–H and O–H groups in total. The number of nitrogens with one attached hydrogen (secondary N) is 3. The molecule has 31 heavy (non-hydrogen) atoms. The van der Waals surface area contributed by atoms with Crippen molar-refractivity contribution in [3.05, 3.63) is 53.9 Å². The van der Waals surface area contributed by atoms with Gasteiger partial charge < -0.3 is 16.0 Å². The summed E-state index contributed by atoms with van der Waals surface area (Å²) in [5.74, 6) is 0.613. The number of guanidine groups is 1. The van der Waals surface area contributed by atoms with Crippen LogP contribution in [0.3, 0.4) is 0 Å². The van der Waals surface area contributed by atoms with Crippen molar-refractivity contribution in [2.45, 2.75) is 31.6 Å². The number of nitrogens with zero attached hydrogens (tertiary/aromatic N) is 4. The summed E-state index contributed by atoms with van der Waals surface area (Å²) in [5, 5.41) is 9.41. The van der Waals surface area contributed by atoms with Crippen LogP contribution in [0.25, 0.3) is 0 Å². The zero-order chi connectivity index (χ0) is 22.1. The highest BCUT2D eigenvalue weighted by molar-refractivity contribution is 5.80. The van der Waals surface area contributed by atoms with Gasteiger partial charge in [-0.15, -0.1) is 0 Å². The zero-order valence-electron chi connectivity index (χ0n) is 17.5. The van der Waals surface area contributed by atoms with E-state index in [2.05, 4.69) is 60.1 Å². The molecule has 3 rings (SSSR count). The second kappa shape index (κ2) is 10.9. The maximum Gasteiger partial charge on any atom is 0.433 e. The molecule has 0 bridgehead atoms. The first kappa shape index (κ1) is 22.8. The molecule has 168 valence electrons. The lowest BCUT2D eigenvalue weighted by Gasteiger charge is -2.34. The smallest absolute Gasteiger partial charge is 0.355 e. The van der Waals surface area contributed by atoms with Gasteiger partial charge in [0.1, 0.15) is 5.69 Å². The molecule has 1 fully saturated rings. The van der Waals surface area contributed by atoms with Crippen LogP contribution in [0.15, 0.2) is 47.6 Å². The van der Waals surface area contributed by atoms with Crippen molar-refractivity contribution < 1.29 is 13.2 Å². The summed E-state index contributed by atoms with van der Waals surface area (Å²) < 4.78 is 38.2. The highest BCUT2D eigenvalue weighted by Gasteiger charge is 2.32. The van der Waals surface area contributed by atoms with E-state index in [1.54, 1.807) is 7.05 Å². The van der Waals surface area contributed by atoms with E-state index >= 15 is 0 Å². The number of likely N-dealkylation sites (tertiary alicyclic amines) is 1. The number of rotatable bonds is 7. The second-order valence-electron chi connectivity index (χ2n) is 7.39. The number of piperidine rings is 1. The monoisotopic (exact) mass is 435 g/mol. The van der Waals surface area contributed by atoms with Crippen molar-refractivity contribution in [1.29, 1.82) is 0 Å². The molecule has 0 spiro atoms. The molecule has 1 aromatic carbocycles. The molecular formula is C21H28F3N7. The van der Waals surface area contributed by atoms with Crippen molar-refractivity contribution in [2.75, 3.05) is 38.5 Å². The zero-order valence-corrected chi connectivity index (χ0v) is 17.5. The molecule has 1 atom stereocenters. The van der Waals surface area contributed by atoms with Crippen LogP contribution in [0.2, 0.25) is 0 Å². The van der Waals surface area contributed by atoms with Crippen molar-refractivity contribution >= 4 is 11.9 Å². The number of alkyl halides is 3. The predicted molar refractivity (Wildman–Crippen MR) is 115 cm³/mol. The van der Waals surface area contributed by atoms with E-state index in [1.165, 1.54) is 5.56 Å². The Bertz CT molecular complexity index is 842. The van der Waals surface area contributed by atoms with Crippen LogP contribution in [-0.4, -0.2) is 60.1 Å². The Morgan fingerprint density at radius 3 is 2.74 bits per heavy atom. The van der Waals surface area contributed by atoms with Gasteiger partial charge in [-0.2, -0.15) is 13.2 Å². The Morgan fingerprint density at radius 2 is 2.00 bits per heavy atom. The molecule has 0 aliphatic carbocycles. The maximum absolute atomic E-state index is 12.7. The Hall–Kier alpha value is -2.88. The van der Waals surface area contributed by atoms with Gasteiger partial charge in [0.2, 0.25) is 5.95 Å². The number of anilines is 1. The fourth-order valence-electron chi connectivity index (χ4n) is 3.50. The lowest BCUT2D eigenvalue weighted by atomic mass is 10.0. The summed E-state index contributed by atoms with van der Waals surface area (Å²) in [7, 11) is 1.70. The van der Waals surface area contributed by atoms with Gasteiger partial charge >= 0.3 is 6.18 Å². The molecule has 1 aromatic heterocycles. The molecule has 0 radical (unpaired) electrons. The summed E-state index contributed by atoms with van der Waals surface area (Å²) in [6.45, 7) is 3.73. The number of aromatic nitrogens is 2. The maximum atomic E-state index is 12.7. The molecule has 0 saturated carbocycles. The van der Waals surface area contributed by atoms with E-state index in [0.29, 0.717) is 19.0 Å². The van der Waals surface area contributed by atoms with Crippen LogP contribution in [0, 0.1) is 0 Å². The summed E-state index contributed by atoms with van der Waals surface area (Å²) in [6, 6.07) is 11.5. The summed E-state index contributed by atoms with van der Waals surface area (Å²) in [4.78, 5) is 14.0. The minimum atomic E-state index is -4.49.